The summed E-state index contributed by atoms with van der Waals surface area (Å²) in [6.07, 6.45) is 1.78. The van der Waals surface area contributed by atoms with Gasteiger partial charge in [-0.15, -0.1) is 0 Å². The molecule has 0 bridgehead atoms. The molecule has 0 aliphatic rings. The lowest BCUT2D eigenvalue weighted by Crippen LogP contribution is -1.91. The Morgan fingerprint density at radius 1 is 1.06 bits per heavy atom. The number of pyridine rings is 1. The van der Waals surface area contributed by atoms with Gasteiger partial charge in [0.15, 0.2) is 0 Å². The zero-order valence-electron chi connectivity index (χ0n) is 10.2. The Morgan fingerprint density at radius 3 is 2.53 bits per heavy atom. The first-order chi connectivity index (χ1) is 8.19. The van der Waals surface area contributed by atoms with E-state index in [1.54, 1.807) is 13.3 Å². The van der Waals surface area contributed by atoms with Gasteiger partial charge < -0.3 is 9.47 Å². The van der Waals surface area contributed by atoms with Gasteiger partial charge in [-0.1, -0.05) is 12.1 Å². The maximum Gasteiger partial charge on any atom is 0.219 e. The van der Waals surface area contributed by atoms with Gasteiger partial charge in [-0.2, -0.15) is 0 Å². The van der Waals surface area contributed by atoms with Gasteiger partial charge in [0.2, 0.25) is 5.88 Å². The molecule has 3 nitrogen and oxygen atoms in total. The molecule has 0 saturated carbocycles. The summed E-state index contributed by atoms with van der Waals surface area (Å²) >= 11 is 0. The maximum absolute atomic E-state index is 5.64. The first-order valence-corrected chi connectivity index (χ1v) is 5.44. The van der Waals surface area contributed by atoms with E-state index < -0.39 is 0 Å². The molecule has 2 aromatic rings. The zero-order valence-corrected chi connectivity index (χ0v) is 10.2. The van der Waals surface area contributed by atoms with Crippen LogP contribution in [0.25, 0.3) is 0 Å². The quantitative estimate of drug-likeness (QED) is 0.807. The Kier molecular flexibility index (Phi) is 3.28. The molecule has 88 valence electrons. The number of methoxy groups -OCH3 is 1. The van der Waals surface area contributed by atoms with Crippen molar-refractivity contribution < 1.29 is 9.47 Å². The summed E-state index contributed by atoms with van der Waals surface area (Å²) < 4.78 is 10.9. The van der Waals surface area contributed by atoms with Crippen LogP contribution in [0.15, 0.2) is 36.5 Å². The summed E-state index contributed by atoms with van der Waals surface area (Å²) in [6.45, 7) is 3.98. The fraction of sp³-hybridized carbons (Fsp3) is 0.214. The van der Waals surface area contributed by atoms with E-state index in [0.29, 0.717) is 5.88 Å². The molecule has 0 aliphatic heterocycles. The first kappa shape index (κ1) is 11.5. The fourth-order valence-electron chi connectivity index (χ4n) is 1.50. The van der Waals surface area contributed by atoms with Crippen molar-refractivity contribution in [3.05, 3.63) is 47.7 Å². The van der Waals surface area contributed by atoms with Crippen LogP contribution in [0.1, 0.15) is 11.1 Å². The van der Waals surface area contributed by atoms with Gasteiger partial charge in [0.25, 0.3) is 0 Å². The monoisotopic (exact) mass is 229 g/mol. The summed E-state index contributed by atoms with van der Waals surface area (Å²) in [5.74, 6) is 2.12. The van der Waals surface area contributed by atoms with Crippen molar-refractivity contribution in [2.24, 2.45) is 0 Å². The van der Waals surface area contributed by atoms with Crippen LogP contribution in [0.2, 0.25) is 0 Å². The van der Waals surface area contributed by atoms with E-state index in [2.05, 4.69) is 4.98 Å². The van der Waals surface area contributed by atoms with E-state index in [1.807, 2.05) is 44.2 Å². The molecule has 0 saturated heterocycles. The summed E-state index contributed by atoms with van der Waals surface area (Å²) in [4.78, 5) is 4.19. The van der Waals surface area contributed by atoms with Crippen molar-refractivity contribution in [2.45, 2.75) is 13.8 Å². The van der Waals surface area contributed by atoms with Crippen LogP contribution in [0.4, 0.5) is 0 Å². The Morgan fingerprint density at radius 2 is 1.88 bits per heavy atom. The molecule has 0 fully saturated rings. The molecule has 0 N–H and O–H groups in total. The van der Waals surface area contributed by atoms with Gasteiger partial charge in [-0.3, -0.25) is 0 Å². The first-order valence-electron chi connectivity index (χ1n) is 5.44. The third kappa shape index (κ3) is 2.75. The smallest absolute Gasteiger partial charge is 0.219 e. The molecule has 17 heavy (non-hydrogen) atoms. The van der Waals surface area contributed by atoms with Gasteiger partial charge in [-0.05, 0) is 31.0 Å². The minimum absolute atomic E-state index is 0.585. The van der Waals surface area contributed by atoms with Crippen LogP contribution < -0.4 is 9.47 Å². The van der Waals surface area contributed by atoms with Gasteiger partial charge >= 0.3 is 0 Å². The standard InChI is InChI=1S/C14H15NO2/c1-10-4-7-14(15-9-10)17-12-6-5-11(2)13(8-12)16-3/h4-9H,1-3H3. The molecule has 3 heteroatoms. The second kappa shape index (κ2) is 4.87. The molecule has 0 spiro atoms. The fourth-order valence-corrected chi connectivity index (χ4v) is 1.50. The molecular weight excluding hydrogens is 214 g/mol. The van der Waals surface area contributed by atoms with Crippen molar-refractivity contribution in [2.75, 3.05) is 7.11 Å². The predicted molar refractivity (Wildman–Crippen MR) is 66.8 cm³/mol. The summed E-state index contributed by atoms with van der Waals surface area (Å²) in [5.41, 5.74) is 2.19. The number of aromatic nitrogens is 1. The van der Waals surface area contributed by atoms with E-state index in [0.717, 1.165) is 22.6 Å². The van der Waals surface area contributed by atoms with Gasteiger partial charge in [-0.25, -0.2) is 4.98 Å². The second-order valence-electron chi connectivity index (χ2n) is 3.91. The lowest BCUT2D eigenvalue weighted by Gasteiger charge is -2.08. The SMILES string of the molecule is COc1cc(Oc2ccc(C)cn2)ccc1C. The van der Waals surface area contributed by atoms with Crippen LogP contribution in [0, 0.1) is 13.8 Å². The number of benzene rings is 1. The summed E-state index contributed by atoms with van der Waals surface area (Å²) in [6, 6.07) is 9.54. The highest BCUT2D eigenvalue weighted by atomic mass is 16.5. The van der Waals surface area contributed by atoms with E-state index in [9.17, 15) is 0 Å². The molecule has 0 unspecified atom stereocenters. The van der Waals surface area contributed by atoms with E-state index in [1.165, 1.54) is 0 Å². The van der Waals surface area contributed by atoms with Crippen molar-refractivity contribution >= 4 is 0 Å². The lowest BCUT2D eigenvalue weighted by molar-refractivity contribution is 0.404. The highest BCUT2D eigenvalue weighted by Gasteiger charge is 2.03. The van der Waals surface area contributed by atoms with Gasteiger partial charge in [0, 0.05) is 18.3 Å². The number of hydrogen-bond acceptors (Lipinski definition) is 3. The van der Waals surface area contributed by atoms with Gasteiger partial charge in [0.05, 0.1) is 7.11 Å². The maximum atomic E-state index is 5.64. The Labute approximate surface area is 101 Å². The van der Waals surface area contributed by atoms with Gasteiger partial charge in [0.1, 0.15) is 11.5 Å². The minimum Gasteiger partial charge on any atom is -0.496 e. The molecule has 0 atom stereocenters. The topological polar surface area (TPSA) is 31.4 Å². The number of hydrogen-bond donors (Lipinski definition) is 0. The normalized spacial score (nSPS) is 10.1. The summed E-state index contributed by atoms with van der Waals surface area (Å²) in [7, 11) is 1.65. The largest absolute Gasteiger partial charge is 0.496 e. The van der Waals surface area contributed by atoms with E-state index in [-0.39, 0.29) is 0 Å². The predicted octanol–water partition coefficient (Wildman–Crippen LogP) is 3.50. The van der Waals surface area contributed by atoms with Crippen LogP contribution in [-0.2, 0) is 0 Å². The Hall–Kier alpha value is -2.03. The van der Waals surface area contributed by atoms with Crippen molar-refractivity contribution in [3.8, 4) is 17.4 Å². The molecule has 1 heterocycles. The molecule has 0 radical (unpaired) electrons. The molecule has 0 amide bonds. The van der Waals surface area contributed by atoms with E-state index >= 15 is 0 Å². The third-order valence-electron chi connectivity index (χ3n) is 2.49. The van der Waals surface area contributed by atoms with Crippen LogP contribution in [-0.4, -0.2) is 12.1 Å². The highest BCUT2D eigenvalue weighted by Crippen LogP contribution is 2.26. The molecule has 0 aliphatic carbocycles. The number of aryl methyl sites for hydroxylation is 2. The average Bonchev–Trinajstić information content (AvgIpc) is 2.34. The Balaban J connectivity index is 2.21. The molecule has 1 aromatic carbocycles. The minimum atomic E-state index is 0.585. The average molecular weight is 229 g/mol. The number of ether oxygens (including phenoxy) is 2. The van der Waals surface area contributed by atoms with Crippen LogP contribution in [0.5, 0.6) is 17.4 Å². The molecule has 2 rings (SSSR count). The highest BCUT2D eigenvalue weighted by molar-refractivity contribution is 5.41. The third-order valence-corrected chi connectivity index (χ3v) is 2.49. The Bertz CT molecular complexity index is 506. The van der Waals surface area contributed by atoms with E-state index in [4.69, 9.17) is 9.47 Å². The van der Waals surface area contributed by atoms with Crippen LogP contribution >= 0.6 is 0 Å². The second-order valence-corrected chi connectivity index (χ2v) is 3.91. The van der Waals surface area contributed by atoms with Crippen molar-refractivity contribution in [3.63, 3.8) is 0 Å². The zero-order chi connectivity index (χ0) is 12.3. The number of nitrogens with zero attached hydrogens (tertiary/aromatic N) is 1. The lowest BCUT2D eigenvalue weighted by atomic mass is 10.2. The van der Waals surface area contributed by atoms with Crippen LogP contribution in [0.3, 0.4) is 0 Å². The molecular formula is C14H15NO2. The molecule has 1 aromatic heterocycles. The van der Waals surface area contributed by atoms with Crippen molar-refractivity contribution in [1.82, 2.24) is 4.98 Å². The van der Waals surface area contributed by atoms with Crippen molar-refractivity contribution in [1.29, 1.82) is 0 Å². The number of rotatable bonds is 3. The summed E-state index contributed by atoms with van der Waals surface area (Å²) in [5, 5.41) is 0.